The van der Waals surface area contributed by atoms with E-state index in [9.17, 15) is 0 Å². The van der Waals surface area contributed by atoms with Crippen LogP contribution in [0.4, 0.5) is 0 Å². The van der Waals surface area contributed by atoms with Crippen LogP contribution in [0.25, 0.3) is 0 Å². The molecule has 8 heteroatoms. The van der Waals surface area contributed by atoms with E-state index in [1.807, 2.05) is 42.6 Å². The molecule has 2 N–H and O–H groups in total. The van der Waals surface area contributed by atoms with Crippen LogP contribution < -0.4 is 20.1 Å². The maximum Gasteiger partial charge on any atom is 0.219 e. The van der Waals surface area contributed by atoms with Crippen molar-refractivity contribution in [2.24, 2.45) is 4.99 Å². The van der Waals surface area contributed by atoms with E-state index in [1.165, 1.54) is 13.0 Å². The van der Waals surface area contributed by atoms with Crippen molar-refractivity contribution in [2.45, 2.75) is 45.7 Å². The molecule has 176 valence electrons. The molecule has 1 aromatic carbocycles. The number of halogens is 1. The van der Waals surface area contributed by atoms with Gasteiger partial charge in [0.15, 0.2) is 5.96 Å². The lowest BCUT2D eigenvalue weighted by Crippen LogP contribution is -2.48. The molecule has 7 nitrogen and oxygen atoms in total. The minimum absolute atomic E-state index is 0. The number of piperidine rings is 1. The third kappa shape index (κ3) is 8.46. The minimum Gasteiger partial charge on any atom is -0.497 e. The summed E-state index contributed by atoms with van der Waals surface area (Å²) in [4.78, 5) is 11.7. The Hall–Kier alpha value is -2.07. The lowest BCUT2D eigenvalue weighted by Gasteiger charge is -2.32. The Bertz CT molecular complexity index is 806. The van der Waals surface area contributed by atoms with E-state index in [1.54, 1.807) is 7.11 Å². The molecule has 2 aromatic rings. The predicted molar refractivity (Wildman–Crippen MR) is 140 cm³/mol. The minimum atomic E-state index is 0. The molecule has 0 atom stereocenters. The standard InChI is InChI=1S/C24H35N5O2.HI/c1-4-14-29-15-12-20(13-16-29)28-24(25-5-2)27-18-19-6-11-23(26-17-19)31-22-9-7-21(30-3)8-10-22;/h6-11,17,20H,4-5,12-16,18H2,1-3H3,(H2,25,27,28);1H. The lowest BCUT2D eigenvalue weighted by atomic mass is 10.1. The van der Waals surface area contributed by atoms with Gasteiger partial charge in [0.2, 0.25) is 5.88 Å². The number of rotatable bonds is 9. The van der Waals surface area contributed by atoms with Gasteiger partial charge in [0.05, 0.1) is 13.7 Å². The fourth-order valence-corrected chi connectivity index (χ4v) is 3.63. The molecule has 0 radical (unpaired) electrons. The largest absolute Gasteiger partial charge is 0.497 e. The molecule has 1 fully saturated rings. The monoisotopic (exact) mass is 553 g/mol. The van der Waals surface area contributed by atoms with E-state index < -0.39 is 0 Å². The maximum atomic E-state index is 5.79. The summed E-state index contributed by atoms with van der Waals surface area (Å²) in [5.74, 6) is 2.95. The first-order valence-corrected chi connectivity index (χ1v) is 11.2. The summed E-state index contributed by atoms with van der Waals surface area (Å²) in [5, 5.41) is 6.96. The van der Waals surface area contributed by atoms with Gasteiger partial charge in [0.25, 0.3) is 0 Å². The maximum absolute atomic E-state index is 5.79. The second-order valence-corrected chi connectivity index (χ2v) is 7.74. The van der Waals surface area contributed by atoms with Gasteiger partial charge in [-0.2, -0.15) is 0 Å². The zero-order valence-corrected chi connectivity index (χ0v) is 21.7. The molecule has 1 aliphatic rings. The first-order valence-electron chi connectivity index (χ1n) is 11.2. The van der Waals surface area contributed by atoms with E-state index in [0.29, 0.717) is 18.5 Å². The van der Waals surface area contributed by atoms with Crippen molar-refractivity contribution in [3.05, 3.63) is 48.2 Å². The van der Waals surface area contributed by atoms with Crippen molar-refractivity contribution in [3.8, 4) is 17.4 Å². The zero-order chi connectivity index (χ0) is 21.9. The van der Waals surface area contributed by atoms with Crippen molar-refractivity contribution in [1.82, 2.24) is 20.5 Å². The number of pyridine rings is 1. The topological polar surface area (TPSA) is 71.0 Å². The van der Waals surface area contributed by atoms with Crippen molar-refractivity contribution in [1.29, 1.82) is 0 Å². The van der Waals surface area contributed by atoms with E-state index in [4.69, 9.17) is 14.5 Å². The molecule has 1 saturated heterocycles. The normalized spacial score (nSPS) is 15.0. The molecule has 0 aliphatic carbocycles. The van der Waals surface area contributed by atoms with E-state index in [0.717, 1.165) is 55.5 Å². The second kappa shape index (κ2) is 14.2. The van der Waals surface area contributed by atoms with Crippen molar-refractivity contribution in [2.75, 3.05) is 33.3 Å². The number of guanidine groups is 1. The van der Waals surface area contributed by atoms with Gasteiger partial charge >= 0.3 is 0 Å². The lowest BCUT2D eigenvalue weighted by molar-refractivity contribution is 0.206. The number of nitrogens with zero attached hydrogens (tertiary/aromatic N) is 3. The Kier molecular flexibility index (Phi) is 11.6. The van der Waals surface area contributed by atoms with Crippen LogP contribution in [0.2, 0.25) is 0 Å². The first-order chi connectivity index (χ1) is 15.2. The number of likely N-dealkylation sites (tertiary alicyclic amines) is 1. The average molecular weight is 553 g/mol. The van der Waals surface area contributed by atoms with Crippen LogP contribution in [0.1, 0.15) is 38.7 Å². The highest BCUT2D eigenvalue weighted by Gasteiger charge is 2.19. The number of aliphatic imine (C=N–C) groups is 1. The average Bonchev–Trinajstić information content (AvgIpc) is 2.80. The van der Waals surface area contributed by atoms with E-state index >= 15 is 0 Å². The van der Waals surface area contributed by atoms with Gasteiger partial charge in [-0.25, -0.2) is 9.98 Å². The molecule has 0 spiro atoms. The number of hydrogen-bond acceptors (Lipinski definition) is 5. The van der Waals surface area contributed by atoms with Crippen LogP contribution in [-0.2, 0) is 6.54 Å². The van der Waals surface area contributed by atoms with Crippen LogP contribution in [0.3, 0.4) is 0 Å². The van der Waals surface area contributed by atoms with Crippen LogP contribution in [0.15, 0.2) is 47.6 Å². The van der Waals surface area contributed by atoms with Crippen LogP contribution in [0.5, 0.6) is 17.4 Å². The smallest absolute Gasteiger partial charge is 0.219 e. The summed E-state index contributed by atoms with van der Waals surface area (Å²) in [6.45, 7) is 9.26. The van der Waals surface area contributed by atoms with Gasteiger partial charge in [0.1, 0.15) is 11.5 Å². The number of ether oxygens (including phenoxy) is 2. The van der Waals surface area contributed by atoms with Crippen molar-refractivity contribution >= 4 is 29.9 Å². The summed E-state index contributed by atoms with van der Waals surface area (Å²) in [6.07, 6.45) is 5.35. The summed E-state index contributed by atoms with van der Waals surface area (Å²) in [7, 11) is 1.64. The van der Waals surface area contributed by atoms with Crippen LogP contribution in [0, 0.1) is 0 Å². The van der Waals surface area contributed by atoms with Gasteiger partial charge in [-0.3, -0.25) is 0 Å². The molecule has 0 bridgehead atoms. The van der Waals surface area contributed by atoms with E-state index in [-0.39, 0.29) is 24.0 Å². The third-order valence-electron chi connectivity index (χ3n) is 5.31. The molecular weight excluding hydrogens is 517 g/mol. The highest BCUT2D eigenvalue weighted by atomic mass is 127. The van der Waals surface area contributed by atoms with Gasteiger partial charge in [-0.1, -0.05) is 13.0 Å². The second-order valence-electron chi connectivity index (χ2n) is 7.74. The Morgan fingerprint density at radius 3 is 2.41 bits per heavy atom. The number of nitrogens with one attached hydrogen (secondary N) is 2. The van der Waals surface area contributed by atoms with Crippen LogP contribution in [-0.4, -0.2) is 55.2 Å². The Morgan fingerprint density at radius 2 is 1.81 bits per heavy atom. The molecular formula is C24H36IN5O2. The zero-order valence-electron chi connectivity index (χ0n) is 19.3. The number of hydrogen-bond donors (Lipinski definition) is 2. The van der Waals surface area contributed by atoms with E-state index in [2.05, 4.69) is 34.4 Å². The molecule has 0 unspecified atom stereocenters. The summed E-state index contributed by atoms with van der Waals surface area (Å²) < 4.78 is 11.0. The Labute approximate surface area is 209 Å². The highest BCUT2D eigenvalue weighted by molar-refractivity contribution is 14.0. The van der Waals surface area contributed by atoms with Gasteiger partial charge in [0, 0.05) is 37.9 Å². The summed E-state index contributed by atoms with van der Waals surface area (Å²) in [6, 6.07) is 11.8. The molecule has 1 aromatic heterocycles. The van der Waals surface area contributed by atoms with Gasteiger partial charge in [-0.05, 0) is 62.6 Å². The van der Waals surface area contributed by atoms with Gasteiger partial charge < -0.3 is 25.0 Å². The SMILES string of the molecule is CCCN1CCC(NC(=NCc2ccc(Oc3ccc(OC)cc3)nc2)NCC)CC1.I. The number of benzene rings is 1. The Balaban J connectivity index is 0.00000363. The number of aromatic nitrogens is 1. The molecule has 32 heavy (non-hydrogen) atoms. The molecule has 0 saturated carbocycles. The van der Waals surface area contributed by atoms with Gasteiger partial charge in [-0.15, -0.1) is 24.0 Å². The Morgan fingerprint density at radius 1 is 1.09 bits per heavy atom. The molecule has 3 rings (SSSR count). The quantitative estimate of drug-likeness (QED) is 0.272. The predicted octanol–water partition coefficient (Wildman–Crippen LogP) is 4.43. The summed E-state index contributed by atoms with van der Waals surface area (Å²) in [5.41, 5.74) is 1.04. The fraction of sp³-hybridized carbons (Fsp3) is 0.500. The molecule has 0 amide bonds. The molecule has 2 heterocycles. The highest BCUT2D eigenvalue weighted by Crippen LogP contribution is 2.22. The fourth-order valence-electron chi connectivity index (χ4n) is 3.63. The first kappa shape index (κ1) is 26.2. The van der Waals surface area contributed by atoms with Crippen molar-refractivity contribution in [3.63, 3.8) is 0 Å². The summed E-state index contributed by atoms with van der Waals surface area (Å²) >= 11 is 0. The number of methoxy groups -OCH3 is 1. The molecule has 1 aliphatic heterocycles. The van der Waals surface area contributed by atoms with Crippen molar-refractivity contribution < 1.29 is 9.47 Å². The third-order valence-corrected chi connectivity index (χ3v) is 5.31. The van der Waals surface area contributed by atoms with Crippen LogP contribution >= 0.6 is 24.0 Å².